The van der Waals surface area contributed by atoms with E-state index in [2.05, 4.69) is 20.6 Å². The molecule has 0 saturated heterocycles. The molecular weight excluding hydrogens is 291 g/mol. The summed E-state index contributed by atoms with van der Waals surface area (Å²) in [6, 6.07) is 1.01. The van der Waals surface area contributed by atoms with Gasteiger partial charge >= 0.3 is 5.69 Å². The zero-order chi connectivity index (χ0) is 15.6. The summed E-state index contributed by atoms with van der Waals surface area (Å²) in [6.07, 6.45) is 0.981. The summed E-state index contributed by atoms with van der Waals surface area (Å²) in [5.74, 6) is -4.38. The minimum Gasteiger partial charge on any atom is -0.367 e. The van der Waals surface area contributed by atoms with E-state index in [1.165, 1.54) is 7.05 Å². The van der Waals surface area contributed by atoms with Crippen molar-refractivity contribution in [3.8, 4) is 0 Å². The van der Waals surface area contributed by atoms with Gasteiger partial charge in [-0.15, -0.1) is 0 Å². The molecule has 2 aromatic rings. The van der Waals surface area contributed by atoms with E-state index in [9.17, 15) is 23.3 Å². The minimum absolute atomic E-state index is 0.130. The molecule has 2 N–H and O–H groups in total. The molecule has 0 saturated carbocycles. The van der Waals surface area contributed by atoms with Gasteiger partial charge in [-0.2, -0.15) is 0 Å². The molecule has 1 heterocycles. The summed E-state index contributed by atoms with van der Waals surface area (Å²) in [5, 5.41) is 15.7. The third-order valence-electron chi connectivity index (χ3n) is 2.49. The lowest BCUT2D eigenvalue weighted by Gasteiger charge is -2.09. The molecule has 0 aliphatic heterocycles. The van der Waals surface area contributed by atoms with Gasteiger partial charge in [0.1, 0.15) is 12.1 Å². The Labute approximate surface area is 116 Å². The number of aromatic nitrogens is 2. The predicted octanol–water partition coefficient (Wildman–Crippen LogP) is 2.59. The Balaban J connectivity index is 2.52. The Kier molecular flexibility index (Phi) is 3.87. The van der Waals surface area contributed by atoms with E-state index in [1.807, 2.05) is 0 Å². The fraction of sp³-hybridized carbons (Fsp3) is 0.0909. The lowest BCUT2D eigenvalue weighted by molar-refractivity contribution is -0.383. The molecule has 0 radical (unpaired) electrons. The zero-order valence-electron chi connectivity index (χ0n) is 10.5. The average Bonchev–Trinajstić information content (AvgIpc) is 2.43. The van der Waals surface area contributed by atoms with Crippen LogP contribution in [0.4, 0.5) is 36.2 Å². The summed E-state index contributed by atoms with van der Waals surface area (Å²) in [4.78, 5) is 17.4. The van der Waals surface area contributed by atoms with Gasteiger partial charge in [-0.25, -0.2) is 23.1 Å². The average molecular weight is 299 g/mol. The molecule has 7 nitrogen and oxygen atoms in total. The smallest absolute Gasteiger partial charge is 0.353 e. The first-order valence-corrected chi connectivity index (χ1v) is 5.52. The van der Waals surface area contributed by atoms with Crippen LogP contribution >= 0.6 is 0 Å². The van der Waals surface area contributed by atoms with E-state index in [0.717, 1.165) is 6.33 Å². The highest BCUT2D eigenvalue weighted by atomic mass is 19.2. The van der Waals surface area contributed by atoms with Gasteiger partial charge in [-0.1, -0.05) is 0 Å². The van der Waals surface area contributed by atoms with Gasteiger partial charge in [0.15, 0.2) is 11.6 Å². The standard InChI is InChI=1S/C11H8F3N5O2/c1-15-10-9(19(20)21)11(17-4-16-10)18-7-3-5(12)2-6(13)8(7)14/h2-4H,1H3,(H2,15,16,17,18). The highest BCUT2D eigenvalue weighted by molar-refractivity contribution is 5.73. The maximum Gasteiger partial charge on any atom is 0.353 e. The van der Waals surface area contributed by atoms with Crippen LogP contribution in [0.25, 0.3) is 0 Å². The van der Waals surface area contributed by atoms with Crippen molar-refractivity contribution in [2.75, 3.05) is 17.7 Å². The van der Waals surface area contributed by atoms with E-state index in [0.29, 0.717) is 12.1 Å². The first-order chi connectivity index (χ1) is 9.93. The molecule has 0 atom stereocenters. The second kappa shape index (κ2) is 5.61. The van der Waals surface area contributed by atoms with E-state index < -0.39 is 39.6 Å². The first kappa shape index (κ1) is 14.5. The van der Waals surface area contributed by atoms with Gasteiger partial charge in [-0.05, 0) is 0 Å². The van der Waals surface area contributed by atoms with Crippen molar-refractivity contribution in [1.82, 2.24) is 9.97 Å². The number of rotatable bonds is 4. The molecule has 10 heteroatoms. The number of anilines is 3. The molecule has 1 aromatic carbocycles. The van der Waals surface area contributed by atoms with Crippen LogP contribution in [0.3, 0.4) is 0 Å². The van der Waals surface area contributed by atoms with Crippen LogP contribution < -0.4 is 10.6 Å². The maximum atomic E-state index is 13.5. The number of halogens is 3. The van der Waals surface area contributed by atoms with Gasteiger partial charge in [0.2, 0.25) is 11.6 Å². The highest BCUT2D eigenvalue weighted by Crippen LogP contribution is 2.32. The van der Waals surface area contributed by atoms with Crippen molar-refractivity contribution in [3.63, 3.8) is 0 Å². The van der Waals surface area contributed by atoms with Crippen LogP contribution in [0.15, 0.2) is 18.5 Å². The first-order valence-electron chi connectivity index (χ1n) is 5.52. The van der Waals surface area contributed by atoms with Gasteiger partial charge in [0.25, 0.3) is 0 Å². The van der Waals surface area contributed by atoms with Crippen molar-refractivity contribution >= 4 is 23.0 Å². The summed E-state index contributed by atoms with van der Waals surface area (Å²) < 4.78 is 39.8. The molecule has 21 heavy (non-hydrogen) atoms. The lowest BCUT2D eigenvalue weighted by Crippen LogP contribution is -2.06. The molecule has 0 spiro atoms. The Hall–Kier alpha value is -2.91. The number of nitrogens with zero attached hydrogens (tertiary/aromatic N) is 3. The van der Waals surface area contributed by atoms with Crippen LogP contribution in [-0.2, 0) is 0 Å². The third-order valence-corrected chi connectivity index (χ3v) is 2.49. The number of nitrogens with one attached hydrogen (secondary N) is 2. The van der Waals surface area contributed by atoms with Crippen molar-refractivity contribution in [2.24, 2.45) is 0 Å². The Bertz CT molecular complexity index is 710. The highest BCUT2D eigenvalue weighted by Gasteiger charge is 2.23. The summed E-state index contributed by atoms with van der Waals surface area (Å²) in [6.45, 7) is 0. The number of hydrogen-bond donors (Lipinski definition) is 2. The Morgan fingerprint density at radius 3 is 2.48 bits per heavy atom. The summed E-state index contributed by atoms with van der Waals surface area (Å²) in [7, 11) is 1.39. The van der Waals surface area contributed by atoms with Crippen molar-refractivity contribution in [3.05, 3.63) is 46.0 Å². The number of nitro groups is 1. The van der Waals surface area contributed by atoms with Crippen LogP contribution in [-0.4, -0.2) is 21.9 Å². The van der Waals surface area contributed by atoms with Gasteiger partial charge in [-0.3, -0.25) is 10.1 Å². The normalized spacial score (nSPS) is 10.3. The molecule has 0 aliphatic rings. The molecule has 1 aromatic heterocycles. The molecule has 110 valence electrons. The largest absolute Gasteiger partial charge is 0.367 e. The zero-order valence-corrected chi connectivity index (χ0v) is 10.5. The fourth-order valence-corrected chi connectivity index (χ4v) is 1.60. The quantitative estimate of drug-likeness (QED) is 0.512. The van der Waals surface area contributed by atoms with E-state index >= 15 is 0 Å². The van der Waals surface area contributed by atoms with Gasteiger partial charge < -0.3 is 10.6 Å². The fourth-order valence-electron chi connectivity index (χ4n) is 1.60. The molecular formula is C11H8F3N5O2. The Morgan fingerprint density at radius 1 is 1.19 bits per heavy atom. The molecule has 0 unspecified atom stereocenters. The van der Waals surface area contributed by atoms with E-state index in [4.69, 9.17) is 0 Å². The second-order valence-electron chi connectivity index (χ2n) is 3.80. The third kappa shape index (κ3) is 2.83. The topological polar surface area (TPSA) is 93.0 Å². The predicted molar refractivity (Wildman–Crippen MR) is 67.8 cm³/mol. The molecule has 2 rings (SSSR count). The molecule has 0 aliphatic carbocycles. The summed E-state index contributed by atoms with van der Waals surface area (Å²) >= 11 is 0. The van der Waals surface area contributed by atoms with Crippen molar-refractivity contribution < 1.29 is 18.1 Å². The molecule has 0 amide bonds. The number of hydrogen-bond acceptors (Lipinski definition) is 6. The molecule has 0 fully saturated rings. The van der Waals surface area contributed by atoms with Crippen LogP contribution in [0.2, 0.25) is 0 Å². The van der Waals surface area contributed by atoms with Crippen LogP contribution in [0, 0.1) is 27.6 Å². The Morgan fingerprint density at radius 2 is 1.86 bits per heavy atom. The maximum absolute atomic E-state index is 13.5. The van der Waals surface area contributed by atoms with Crippen LogP contribution in [0.5, 0.6) is 0 Å². The lowest BCUT2D eigenvalue weighted by atomic mass is 10.2. The monoisotopic (exact) mass is 299 g/mol. The number of benzene rings is 1. The van der Waals surface area contributed by atoms with E-state index in [1.54, 1.807) is 0 Å². The van der Waals surface area contributed by atoms with Gasteiger partial charge in [0, 0.05) is 19.2 Å². The summed E-state index contributed by atoms with van der Waals surface area (Å²) in [5.41, 5.74) is -1.19. The van der Waals surface area contributed by atoms with Gasteiger partial charge in [0.05, 0.1) is 10.6 Å². The minimum atomic E-state index is -1.43. The van der Waals surface area contributed by atoms with Crippen molar-refractivity contribution in [2.45, 2.75) is 0 Å². The van der Waals surface area contributed by atoms with Crippen LogP contribution in [0.1, 0.15) is 0 Å². The second-order valence-corrected chi connectivity index (χ2v) is 3.80. The molecule has 0 bridgehead atoms. The van der Waals surface area contributed by atoms with Crippen molar-refractivity contribution in [1.29, 1.82) is 0 Å². The SMILES string of the molecule is CNc1ncnc(Nc2cc(F)cc(F)c2F)c1[N+](=O)[O-]. The van der Waals surface area contributed by atoms with E-state index in [-0.39, 0.29) is 5.82 Å².